The lowest BCUT2D eigenvalue weighted by atomic mass is 9.78. The average Bonchev–Trinajstić information content (AvgIpc) is 3.32. The molecule has 39 heavy (non-hydrogen) atoms. The summed E-state index contributed by atoms with van der Waals surface area (Å²) in [5.74, 6) is -15.7. The van der Waals surface area contributed by atoms with Crippen molar-refractivity contribution >= 4 is 34.5 Å². The second-order valence-corrected chi connectivity index (χ2v) is 8.58. The summed E-state index contributed by atoms with van der Waals surface area (Å²) in [4.78, 5) is 36.1. The molecule has 1 aliphatic rings. The van der Waals surface area contributed by atoms with Gasteiger partial charge in [0.15, 0.2) is 16.9 Å². The van der Waals surface area contributed by atoms with Gasteiger partial charge in [0.2, 0.25) is 5.91 Å². The summed E-state index contributed by atoms with van der Waals surface area (Å²) in [5, 5.41) is 5.70. The number of pyridine rings is 1. The van der Waals surface area contributed by atoms with E-state index < -0.39 is 89.4 Å². The highest BCUT2D eigenvalue weighted by molar-refractivity contribution is 6.10. The van der Waals surface area contributed by atoms with Gasteiger partial charge in [0.05, 0.1) is 23.8 Å². The summed E-state index contributed by atoms with van der Waals surface area (Å²) in [7, 11) is 0. The number of hydrogen-bond acceptors (Lipinski definition) is 8. The Bertz CT molecular complexity index is 1490. The van der Waals surface area contributed by atoms with Crippen LogP contribution in [0.4, 0.5) is 46.8 Å². The van der Waals surface area contributed by atoms with Crippen molar-refractivity contribution in [2.24, 2.45) is 0 Å². The number of nitrogens with two attached hydrogens (primary N) is 1. The minimum Gasteiger partial charge on any atom is -0.462 e. The maximum atomic E-state index is 15.1. The number of fused-ring (bicyclic) bond motifs is 2. The van der Waals surface area contributed by atoms with Crippen molar-refractivity contribution in [1.82, 2.24) is 24.7 Å². The first-order valence-electron chi connectivity index (χ1n) is 11.0. The maximum Gasteiger partial charge on any atom is 0.453 e. The van der Waals surface area contributed by atoms with Gasteiger partial charge in [-0.3, -0.25) is 4.79 Å². The molecule has 0 spiro atoms. The van der Waals surface area contributed by atoms with Crippen molar-refractivity contribution in [2.45, 2.75) is 50.2 Å². The quantitative estimate of drug-likeness (QED) is 0.326. The van der Waals surface area contributed by atoms with Gasteiger partial charge in [-0.15, -0.1) is 0 Å². The normalized spacial score (nSPS) is 17.8. The number of nitrogens with zero attached hydrogens (tertiary/aromatic N) is 5. The molecule has 3 aromatic rings. The summed E-state index contributed by atoms with van der Waals surface area (Å²) < 4.78 is 114. The number of carbonyl (C=O) groups is 2. The Morgan fingerprint density at radius 3 is 2.46 bits per heavy atom. The van der Waals surface area contributed by atoms with Gasteiger partial charge < -0.3 is 15.8 Å². The summed E-state index contributed by atoms with van der Waals surface area (Å²) in [6.45, 7) is 0.546. The molecule has 3 aromatic heterocycles. The van der Waals surface area contributed by atoms with Crippen LogP contribution >= 0.6 is 0 Å². The van der Waals surface area contributed by atoms with Crippen LogP contribution in [0.2, 0.25) is 0 Å². The average molecular weight is 567 g/mol. The smallest absolute Gasteiger partial charge is 0.453 e. The van der Waals surface area contributed by atoms with Gasteiger partial charge in [0, 0.05) is 13.0 Å². The second kappa shape index (κ2) is 8.98. The molecule has 18 heteroatoms. The Balaban J connectivity index is 1.83. The summed E-state index contributed by atoms with van der Waals surface area (Å²) >= 11 is 0. The minimum absolute atomic E-state index is 0.242. The predicted molar refractivity (Wildman–Crippen MR) is 116 cm³/mol. The molecule has 10 nitrogen and oxygen atoms in total. The van der Waals surface area contributed by atoms with E-state index in [1.165, 1.54) is 6.92 Å². The third-order valence-electron chi connectivity index (χ3n) is 6.10. The number of anilines is 2. The zero-order chi connectivity index (χ0) is 29.1. The molecule has 210 valence electrons. The molecule has 1 atom stereocenters. The Labute approximate surface area is 212 Å². The molecule has 4 heterocycles. The standard InChI is InChI=1S/C21H17F8N7O3/c1-3-39-17(38)20(25,26)18(2)10-12(30)32-14(33-13(10)34-16(18)37)11-9-6-8(22)7-31-15(9)36(35-11)5-4-19(23,24)21(27,28)29/h6-7H,3-5H2,1-2H3,(H3,30,32,33,34,37). The van der Waals surface area contributed by atoms with Crippen LogP contribution in [-0.4, -0.2) is 61.2 Å². The lowest BCUT2D eigenvalue weighted by molar-refractivity contribution is -0.285. The van der Waals surface area contributed by atoms with Crippen molar-refractivity contribution in [2.75, 3.05) is 17.7 Å². The van der Waals surface area contributed by atoms with E-state index in [0.29, 0.717) is 17.8 Å². The molecule has 0 fully saturated rings. The number of ether oxygens (including phenoxy) is 1. The second-order valence-electron chi connectivity index (χ2n) is 8.58. The summed E-state index contributed by atoms with van der Waals surface area (Å²) in [6.07, 6.45) is -6.92. The van der Waals surface area contributed by atoms with Gasteiger partial charge in [-0.25, -0.2) is 28.8 Å². The Morgan fingerprint density at radius 1 is 1.18 bits per heavy atom. The SMILES string of the molecule is CCOC(=O)C(F)(F)C1(C)C(=O)Nc2nc(-c3nn(CCC(F)(F)C(F)(F)F)c4ncc(F)cc34)nc(N)c21. The first-order valence-corrected chi connectivity index (χ1v) is 11.0. The molecule has 0 bridgehead atoms. The number of aromatic nitrogens is 5. The van der Waals surface area contributed by atoms with E-state index in [4.69, 9.17) is 5.73 Å². The van der Waals surface area contributed by atoms with Crippen molar-refractivity contribution < 1.29 is 49.4 Å². The Hall–Kier alpha value is -4.12. The highest BCUT2D eigenvalue weighted by Gasteiger charge is 2.67. The molecule has 1 aliphatic heterocycles. The van der Waals surface area contributed by atoms with E-state index in [1.54, 1.807) is 0 Å². The number of nitrogens with one attached hydrogen (secondary N) is 1. The number of esters is 1. The fourth-order valence-electron chi connectivity index (χ4n) is 3.98. The molecule has 1 unspecified atom stereocenters. The summed E-state index contributed by atoms with van der Waals surface area (Å²) in [6, 6.07) is 0.813. The van der Waals surface area contributed by atoms with Crippen molar-refractivity contribution in [3.8, 4) is 11.5 Å². The van der Waals surface area contributed by atoms with Gasteiger partial charge >= 0.3 is 24.0 Å². The van der Waals surface area contributed by atoms with Crippen LogP contribution < -0.4 is 11.1 Å². The third kappa shape index (κ3) is 4.26. The number of halogens is 8. The van der Waals surface area contributed by atoms with E-state index in [1.807, 2.05) is 0 Å². The van der Waals surface area contributed by atoms with E-state index in [0.717, 1.165) is 6.07 Å². The van der Waals surface area contributed by atoms with Crippen molar-refractivity contribution in [1.29, 1.82) is 0 Å². The Morgan fingerprint density at radius 2 is 1.85 bits per heavy atom. The number of nitrogen functional groups attached to an aromatic ring is 1. The third-order valence-corrected chi connectivity index (χ3v) is 6.10. The number of alkyl halides is 7. The first-order chi connectivity index (χ1) is 18.0. The topological polar surface area (TPSA) is 138 Å². The zero-order valence-corrected chi connectivity index (χ0v) is 19.8. The van der Waals surface area contributed by atoms with Crippen LogP contribution in [0.25, 0.3) is 22.6 Å². The highest BCUT2D eigenvalue weighted by atomic mass is 19.4. The van der Waals surface area contributed by atoms with Crippen LogP contribution in [0.15, 0.2) is 12.3 Å². The van der Waals surface area contributed by atoms with E-state index in [2.05, 4.69) is 30.1 Å². The molecule has 0 aliphatic carbocycles. The predicted octanol–water partition coefficient (Wildman–Crippen LogP) is 3.61. The van der Waals surface area contributed by atoms with Gasteiger partial charge in [-0.2, -0.15) is 35.8 Å². The van der Waals surface area contributed by atoms with E-state index in [9.17, 15) is 35.9 Å². The van der Waals surface area contributed by atoms with Gasteiger partial charge in [0.1, 0.15) is 23.1 Å². The molecule has 0 aromatic carbocycles. The van der Waals surface area contributed by atoms with E-state index in [-0.39, 0.29) is 11.0 Å². The Kier molecular flexibility index (Phi) is 6.42. The van der Waals surface area contributed by atoms with Gasteiger partial charge in [0.25, 0.3) is 0 Å². The molecule has 3 N–H and O–H groups in total. The van der Waals surface area contributed by atoms with Crippen LogP contribution in [0.5, 0.6) is 0 Å². The summed E-state index contributed by atoms with van der Waals surface area (Å²) in [5.41, 5.74) is 1.58. The van der Waals surface area contributed by atoms with Crippen LogP contribution in [0.1, 0.15) is 25.8 Å². The number of carbonyl (C=O) groups excluding carboxylic acids is 2. The molecular formula is C21H17F8N7O3. The van der Waals surface area contributed by atoms with Crippen molar-refractivity contribution in [3.63, 3.8) is 0 Å². The van der Waals surface area contributed by atoms with Crippen molar-refractivity contribution in [3.05, 3.63) is 23.6 Å². The number of hydrogen-bond donors (Lipinski definition) is 2. The van der Waals surface area contributed by atoms with Crippen LogP contribution in [-0.2, 0) is 26.3 Å². The van der Waals surface area contributed by atoms with Crippen LogP contribution in [0.3, 0.4) is 0 Å². The number of rotatable bonds is 7. The largest absolute Gasteiger partial charge is 0.462 e. The zero-order valence-electron chi connectivity index (χ0n) is 19.8. The van der Waals surface area contributed by atoms with Crippen LogP contribution in [0, 0.1) is 5.82 Å². The number of aryl methyl sites for hydroxylation is 1. The molecule has 0 saturated heterocycles. The molecular weight excluding hydrogens is 550 g/mol. The lowest BCUT2D eigenvalue weighted by Gasteiger charge is -2.30. The maximum absolute atomic E-state index is 15.1. The van der Waals surface area contributed by atoms with Gasteiger partial charge in [-0.1, -0.05) is 0 Å². The molecule has 0 radical (unpaired) electrons. The van der Waals surface area contributed by atoms with E-state index >= 15 is 8.78 Å². The molecule has 4 rings (SSSR count). The fraction of sp³-hybridized carbons (Fsp3) is 0.429. The first kappa shape index (κ1) is 27.9. The lowest BCUT2D eigenvalue weighted by Crippen LogP contribution is -2.54. The minimum atomic E-state index is -5.84. The molecule has 0 saturated carbocycles. The fourth-order valence-corrected chi connectivity index (χ4v) is 3.98. The number of amides is 1. The molecule has 1 amide bonds. The highest BCUT2D eigenvalue weighted by Crippen LogP contribution is 2.50. The monoisotopic (exact) mass is 567 g/mol. The van der Waals surface area contributed by atoms with Gasteiger partial charge in [-0.05, 0) is 19.9 Å².